The molecule has 0 radical (unpaired) electrons. The minimum atomic E-state index is 0.588. The van der Waals surface area contributed by atoms with Gasteiger partial charge in [-0.05, 0) is 54.3 Å². The van der Waals surface area contributed by atoms with Crippen LogP contribution in [-0.2, 0) is 0 Å². The SMILES string of the molecule is C1C2CC3CC1C[SH](C2)C3. The average Bonchev–Trinajstić information content (AvgIpc) is 1.82. The molecule has 3 saturated heterocycles. The number of hydrogen-bond acceptors (Lipinski definition) is 0. The molecule has 4 fully saturated rings. The van der Waals surface area contributed by atoms with Gasteiger partial charge in [0, 0.05) is 0 Å². The van der Waals surface area contributed by atoms with Gasteiger partial charge in [-0.1, -0.05) is 0 Å². The smallest absolute Gasteiger partial charge is 0.0224 e. The van der Waals surface area contributed by atoms with Crippen molar-refractivity contribution in [2.75, 3.05) is 17.3 Å². The summed E-state index contributed by atoms with van der Waals surface area (Å²) in [6.45, 7) is 0. The largest absolute Gasteiger partial charge is 0.253 e. The maximum absolute atomic E-state index is 1.67. The van der Waals surface area contributed by atoms with Crippen LogP contribution in [0.3, 0.4) is 0 Å². The molecule has 0 aromatic heterocycles. The van der Waals surface area contributed by atoms with E-state index < -0.39 is 0 Å². The zero-order valence-electron chi connectivity index (χ0n) is 6.42. The standard InChI is InChI=1S/C9H16S/c1-7-2-9-3-8(1)5-10(4-7)6-9/h7-10H,1-6H2. The Labute approximate surface area is 65.7 Å². The molecular weight excluding hydrogens is 140 g/mol. The maximum Gasteiger partial charge on any atom is -0.0224 e. The molecule has 1 aliphatic carbocycles. The summed E-state index contributed by atoms with van der Waals surface area (Å²) in [5.41, 5.74) is 0. The highest BCUT2D eigenvalue weighted by Gasteiger charge is 2.40. The lowest BCUT2D eigenvalue weighted by Gasteiger charge is -2.51. The summed E-state index contributed by atoms with van der Waals surface area (Å²) in [6.07, 6.45) is 4.86. The van der Waals surface area contributed by atoms with Gasteiger partial charge >= 0.3 is 0 Å². The van der Waals surface area contributed by atoms with Gasteiger partial charge in [-0.2, -0.15) is 0 Å². The van der Waals surface area contributed by atoms with Gasteiger partial charge in [-0.15, -0.1) is 0 Å². The number of hydrogen-bond donors (Lipinski definition) is 1. The van der Waals surface area contributed by atoms with Crippen LogP contribution in [0.4, 0.5) is 0 Å². The van der Waals surface area contributed by atoms with Gasteiger partial charge in [0.05, 0.1) is 0 Å². The molecule has 4 aliphatic rings. The lowest BCUT2D eigenvalue weighted by atomic mass is 9.76. The minimum absolute atomic E-state index is 0.588. The molecule has 10 heavy (non-hydrogen) atoms. The van der Waals surface area contributed by atoms with Crippen LogP contribution in [0.5, 0.6) is 0 Å². The second-order valence-corrected chi connectivity index (χ2v) is 6.96. The first-order valence-electron chi connectivity index (χ1n) is 4.62. The van der Waals surface area contributed by atoms with Gasteiger partial charge in [0.1, 0.15) is 0 Å². The predicted octanol–water partition coefficient (Wildman–Crippen LogP) is 2.05. The Morgan fingerprint density at radius 2 is 1.10 bits per heavy atom. The fourth-order valence-corrected chi connectivity index (χ4v) is 7.00. The van der Waals surface area contributed by atoms with Crippen molar-refractivity contribution in [1.82, 2.24) is 0 Å². The maximum atomic E-state index is 1.67. The summed E-state index contributed by atoms with van der Waals surface area (Å²) in [6, 6.07) is 0. The van der Waals surface area contributed by atoms with E-state index in [1.54, 1.807) is 36.5 Å². The van der Waals surface area contributed by atoms with Crippen molar-refractivity contribution < 1.29 is 0 Å². The van der Waals surface area contributed by atoms with Gasteiger partial charge in [-0.25, -0.2) is 0 Å². The summed E-state index contributed by atoms with van der Waals surface area (Å²) < 4.78 is 0. The van der Waals surface area contributed by atoms with Crippen molar-refractivity contribution in [1.29, 1.82) is 0 Å². The van der Waals surface area contributed by atoms with Crippen LogP contribution in [-0.4, -0.2) is 17.3 Å². The van der Waals surface area contributed by atoms with Crippen molar-refractivity contribution in [2.45, 2.75) is 19.3 Å². The zero-order valence-corrected chi connectivity index (χ0v) is 7.32. The van der Waals surface area contributed by atoms with Crippen LogP contribution in [0.1, 0.15) is 19.3 Å². The van der Waals surface area contributed by atoms with Gasteiger partial charge in [0.2, 0.25) is 0 Å². The Morgan fingerprint density at radius 1 is 0.700 bits per heavy atom. The molecule has 0 atom stereocenters. The molecule has 58 valence electrons. The molecule has 1 heteroatoms. The topological polar surface area (TPSA) is 0 Å². The van der Waals surface area contributed by atoms with Crippen LogP contribution in [0.15, 0.2) is 0 Å². The number of rotatable bonds is 0. The second kappa shape index (κ2) is 1.94. The third-order valence-corrected chi connectivity index (χ3v) is 6.65. The lowest BCUT2D eigenvalue weighted by Crippen LogP contribution is -2.40. The third-order valence-electron chi connectivity index (χ3n) is 3.55. The molecule has 0 unspecified atom stereocenters. The van der Waals surface area contributed by atoms with E-state index in [1.807, 2.05) is 0 Å². The van der Waals surface area contributed by atoms with E-state index in [0.717, 1.165) is 0 Å². The Bertz CT molecular complexity index is 96.3. The monoisotopic (exact) mass is 156 g/mol. The van der Waals surface area contributed by atoms with Crippen LogP contribution < -0.4 is 0 Å². The molecule has 4 bridgehead atoms. The molecule has 3 aliphatic heterocycles. The van der Waals surface area contributed by atoms with E-state index >= 15 is 0 Å². The Balaban J connectivity index is 1.90. The van der Waals surface area contributed by atoms with Gasteiger partial charge in [0.25, 0.3) is 0 Å². The van der Waals surface area contributed by atoms with Crippen LogP contribution in [0.2, 0.25) is 0 Å². The molecule has 4 rings (SSSR count). The Hall–Kier alpha value is 0.350. The normalized spacial score (nSPS) is 61.2. The molecule has 0 aromatic rings. The summed E-state index contributed by atoms with van der Waals surface area (Å²) in [5, 5.41) is 0. The molecule has 0 amide bonds. The molecule has 0 N–H and O–H groups in total. The van der Waals surface area contributed by atoms with Crippen molar-refractivity contribution in [3.8, 4) is 0 Å². The van der Waals surface area contributed by atoms with Crippen molar-refractivity contribution in [2.24, 2.45) is 17.8 Å². The van der Waals surface area contributed by atoms with E-state index in [4.69, 9.17) is 0 Å². The molecule has 0 nitrogen and oxygen atoms in total. The fraction of sp³-hybridized carbons (Fsp3) is 1.00. The molecule has 1 saturated carbocycles. The van der Waals surface area contributed by atoms with Gasteiger partial charge in [-0.3, -0.25) is 10.9 Å². The Kier molecular flexibility index (Phi) is 1.15. The second-order valence-electron chi connectivity index (χ2n) is 4.52. The van der Waals surface area contributed by atoms with Crippen LogP contribution in [0, 0.1) is 17.8 Å². The summed E-state index contributed by atoms with van der Waals surface area (Å²) >= 11 is 0. The highest BCUT2D eigenvalue weighted by molar-refractivity contribution is 8.17. The molecule has 0 aromatic carbocycles. The van der Waals surface area contributed by atoms with Gasteiger partial charge < -0.3 is 0 Å². The molecule has 0 spiro atoms. The quantitative estimate of drug-likeness (QED) is 0.510. The minimum Gasteiger partial charge on any atom is -0.253 e. The summed E-state index contributed by atoms with van der Waals surface area (Å²) in [5.74, 6) is 8.62. The first-order chi connectivity index (χ1) is 4.90. The van der Waals surface area contributed by atoms with Crippen molar-refractivity contribution in [3.05, 3.63) is 0 Å². The van der Waals surface area contributed by atoms with E-state index in [2.05, 4.69) is 0 Å². The zero-order chi connectivity index (χ0) is 6.55. The van der Waals surface area contributed by atoms with Crippen molar-refractivity contribution >= 4 is 10.9 Å². The van der Waals surface area contributed by atoms with Crippen LogP contribution in [0.25, 0.3) is 0 Å². The van der Waals surface area contributed by atoms with E-state index in [9.17, 15) is 0 Å². The fourth-order valence-electron chi connectivity index (χ4n) is 3.47. The summed E-state index contributed by atoms with van der Waals surface area (Å²) in [4.78, 5) is 0. The Morgan fingerprint density at radius 3 is 1.40 bits per heavy atom. The van der Waals surface area contributed by atoms with E-state index in [-0.39, 0.29) is 0 Å². The lowest BCUT2D eigenvalue weighted by molar-refractivity contribution is 0.217. The van der Waals surface area contributed by atoms with E-state index in [0.29, 0.717) is 10.9 Å². The van der Waals surface area contributed by atoms with Crippen LogP contribution >= 0.6 is 10.9 Å². The highest BCUT2D eigenvalue weighted by Crippen LogP contribution is 2.54. The molecular formula is C9H16S. The first-order valence-corrected chi connectivity index (χ1v) is 6.52. The highest BCUT2D eigenvalue weighted by atomic mass is 32.2. The predicted molar refractivity (Wildman–Crippen MR) is 47.9 cm³/mol. The first kappa shape index (κ1) is 5.93. The van der Waals surface area contributed by atoms with Crippen molar-refractivity contribution in [3.63, 3.8) is 0 Å². The van der Waals surface area contributed by atoms with Gasteiger partial charge in [0.15, 0.2) is 0 Å². The summed E-state index contributed by atoms with van der Waals surface area (Å²) in [7, 11) is 0.588. The number of thiol groups is 1. The third kappa shape index (κ3) is 0.761. The van der Waals surface area contributed by atoms with E-state index in [1.165, 1.54) is 17.8 Å². The average molecular weight is 156 g/mol. The molecule has 3 heterocycles.